The van der Waals surface area contributed by atoms with Gasteiger partial charge in [-0.25, -0.2) is 9.29 Å². The van der Waals surface area contributed by atoms with E-state index in [1.54, 1.807) is 25.1 Å². The van der Waals surface area contributed by atoms with E-state index in [0.717, 1.165) is 16.5 Å². The highest BCUT2D eigenvalue weighted by molar-refractivity contribution is 9.10. The summed E-state index contributed by atoms with van der Waals surface area (Å²) in [6, 6.07) is 7.08. The van der Waals surface area contributed by atoms with Crippen LogP contribution in [0.1, 0.15) is 24.8 Å². The summed E-state index contributed by atoms with van der Waals surface area (Å²) < 4.78 is 19.6. The van der Waals surface area contributed by atoms with E-state index in [9.17, 15) is 19.1 Å². The van der Waals surface area contributed by atoms with Gasteiger partial charge < -0.3 is 9.84 Å². The van der Waals surface area contributed by atoms with E-state index < -0.39 is 34.9 Å². The number of benzene rings is 2. The molecule has 1 N–H and O–H groups in total. The van der Waals surface area contributed by atoms with Crippen LogP contribution in [0, 0.1) is 17.2 Å². The minimum atomic E-state index is -1.22. The summed E-state index contributed by atoms with van der Waals surface area (Å²) in [5.41, 5.74) is 0.144. The van der Waals surface area contributed by atoms with Crippen molar-refractivity contribution in [1.29, 1.82) is 0 Å². The molecule has 4 rings (SSSR count). The van der Waals surface area contributed by atoms with Crippen molar-refractivity contribution in [2.24, 2.45) is 11.3 Å². The number of carbonyl (C=O) groups is 2. The number of ether oxygens (including phenoxy) is 1. The molecule has 0 radical (unpaired) electrons. The number of rotatable bonds is 4. The Labute approximate surface area is 198 Å². The predicted molar refractivity (Wildman–Crippen MR) is 123 cm³/mol. The molecule has 5 nitrogen and oxygen atoms in total. The van der Waals surface area contributed by atoms with Gasteiger partial charge in [-0.05, 0) is 49.2 Å². The molecule has 1 heterocycles. The highest BCUT2D eigenvalue weighted by Gasteiger charge is 2.62. The monoisotopic (exact) mass is 519 g/mol. The number of carbonyl (C=O) groups excluding carboxylic acids is 2. The number of aromatic hydroxyl groups is 1. The second-order valence-corrected chi connectivity index (χ2v) is 9.36. The lowest BCUT2D eigenvalue weighted by Gasteiger charge is -2.40. The number of fused-ring (bicyclic) bond motifs is 1. The zero-order chi connectivity index (χ0) is 23.4. The van der Waals surface area contributed by atoms with Crippen molar-refractivity contribution in [3.63, 3.8) is 0 Å². The molecule has 3 atom stereocenters. The Bertz CT molecular complexity index is 1200. The van der Waals surface area contributed by atoms with Crippen molar-refractivity contribution in [3.05, 3.63) is 75.5 Å². The molecular formula is C24H20BrClFNO4. The third-order valence-corrected chi connectivity index (χ3v) is 7.17. The first kappa shape index (κ1) is 22.6. The minimum absolute atomic E-state index is 0.112. The average Bonchev–Trinajstić information content (AvgIpc) is 2.96. The Morgan fingerprint density at radius 2 is 2.06 bits per heavy atom. The average molecular weight is 521 g/mol. The zero-order valence-electron chi connectivity index (χ0n) is 17.4. The van der Waals surface area contributed by atoms with E-state index in [2.05, 4.69) is 22.5 Å². The fourth-order valence-corrected chi connectivity index (χ4v) is 5.46. The number of amides is 2. The van der Waals surface area contributed by atoms with Crippen LogP contribution in [0.5, 0.6) is 11.5 Å². The van der Waals surface area contributed by atoms with E-state index in [0.29, 0.717) is 16.5 Å². The molecule has 8 heteroatoms. The minimum Gasteiger partial charge on any atom is -0.504 e. The summed E-state index contributed by atoms with van der Waals surface area (Å²) >= 11 is 9.35. The van der Waals surface area contributed by atoms with Crippen LogP contribution in [0.3, 0.4) is 0 Å². The number of phenolic OH excluding ortho intramolecular Hbond substituents is 1. The SMILES string of the molecule is C=CC1=CC[C@H]2C(=O)N(c3ccc(F)c(Cl)c3)C(=O)[C@@]2(C)[C@H]1c1cc(Br)cc(OC)c1O. The van der Waals surface area contributed by atoms with Gasteiger partial charge in [-0.2, -0.15) is 0 Å². The summed E-state index contributed by atoms with van der Waals surface area (Å²) in [6.07, 6.45) is 3.83. The topological polar surface area (TPSA) is 66.8 Å². The van der Waals surface area contributed by atoms with Crippen LogP contribution in [0.25, 0.3) is 0 Å². The van der Waals surface area contributed by atoms with Gasteiger partial charge in [0.25, 0.3) is 0 Å². The molecule has 0 saturated carbocycles. The lowest BCUT2D eigenvalue weighted by Crippen LogP contribution is -2.41. The number of allylic oxidation sites excluding steroid dienone is 3. The lowest BCUT2D eigenvalue weighted by molar-refractivity contribution is -0.127. The predicted octanol–water partition coefficient (Wildman–Crippen LogP) is 5.75. The summed E-state index contributed by atoms with van der Waals surface area (Å²) in [7, 11) is 1.44. The molecular weight excluding hydrogens is 501 g/mol. The zero-order valence-corrected chi connectivity index (χ0v) is 19.7. The highest BCUT2D eigenvalue weighted by Crippen LogP contribution is 2.59. The number of phenols is 1. The van der Waals surface area contributed by atoms with Gasteiger partial charge in [0.05, 0.1) is 29.2 Å². The van der Waals surface area contributed by atoms with Crippen LogP contribution in [0.2, 0.25) is 5.02 Å². The van der Waals surface area contributed by atoms with E-state index in [1.807, 2.05) is 6.08 Å². The van der Waals surface area contributed by atoms with Gasteiger partial charge in [0.1, 0.15) is 5.82 Å². The molecule has 0 aromatic heterocycles. The standard InChI is InChI=1S/C24H20BrClFNO4/c1-4-12-5-7-16-22(30)28(14-6-8-18(27)17(26)11-14)23(31)24(16,2)20(12)15-9-13(25)10-19(32-3)21(15)29/h4-6,8-11,16,20,29H,1,7H2,2-3H3/t16-,20+,24+/m0/s1. The normalized spacial score (nSPS) is 24.9. The van der Waals surface area contributed by atoms with Crippen LogP contribution < -0.4 is 9.64 Å². The fourth-order valence-electron chi connectivity index (χ4n) is 4.83. The Balaban J connectivity index is 1.92. The van der Waals surface area contributed by atoms with E-state index in [-0.39, 0.29) is 22.2 Å². The van der Waals surface area contributed by atoms with Crippen molar-refractivity contribution in [1.82, 2.24) is 0 Å². The molecule has 166 valence electrons. The first-order chi connectivity index (χ1) is 15.1. The van der Waals surface area contributed by atoms with Crippen LogP contribution in [0.15, 0.2) is 59.1 Å². The molecule has 2 aliphatic rings. The number of methoxy groups -OCH3 is 1. The molecule has 1 fully saturated rings. The number of hydrogen-bond acceptors (Lipinski definition) is 4. The van der Waals surface area contributed by atoms with Crippen molar-refractivity contribution in [2.45, 2.75) is 19.3 Å². The quantitative estimate of drug-likeness (QED) is 0.521. The number of nitrogens with zero attached hydrogens (tertiary/aromatic N) is 1. The fraction of sp³-hybridized carbons (Fsp3) is 0.250. The second kappa shape index (κ2) is 8.05. The van der Waals surface area contributed by atoms with Crippen LogP contribution >= 0.6 is 27.5 Å². The molecule has 2 aromatic rings. The molecule has 1 saturated heterocycles. The van der Waals surface area contributed by atoms with E-state index in [4.69, 9.17) is 16.3 Å². The van der Waals surface area contributed by atoms with E-state index in [1.165, 1.54) is 19.2 Å². The molecule has 0 spiro atoms. The molecule has 2 amide bonds. The van der Waals surface area contributed by atoms with Gasteiger partial charge in [-0.15, -0.1) is 0 Å². The molecule has 32 heavy (non-hydrogen) atoms. The Kier molecular flexibility index (Phi) is 5.67. The summed E-state index contributed by atoms with van der Waals surface area (Å²) in [5.74, 6) is -2.71. The van der Waals surface area contributed by atoms with Gasteiger partial charge in [0.2, 0.25) is 11.8 Å². The number of imide groups is 1. The molecule has 0 bridgehead atoms. The molecule has 2 aromatic carbocycles. The van der Waals surface area contributed by atoms with Crippen LogP contribution in [0.4, 0.5) is 10.1 Å². The van der Waals surface area contributed by atoms with Crippen molar-refractivity contribution in [3.8, 4) is 11.5 Å². The number of anilines is 1. The molecule has 1 aliphatic heterocycles. The second-order valence-electron chi connectivity index (χ2n) is 8.04. The van der Waals surface area contributed by atoms with Crippen LogP contribution in [-0.4, -0.2) is 24.0 Å². The molecule has 0 unspecified atom stereocenters. The van der Waals surface area contributed by atoms with Crippen LogP contribution in [-0.2, 0) is 9.59 Å². The Hall–Kier alpha value is -2.64. The maximum absolute atomic E-state index is 13.8. The van der Waals surface area contributed by atoms with Crippen molar-refractivity contribution >= 4 is 45.0 Å². The van der Waals surface area contributed by atoms with Gasteiger partial charge in [0, 0.05) is 16.0 Å². The summed E-state index contributed by atoms with van der Waals surface area (Å²) in [4.78, 5) is 28.3. The number of halogens is 3. The smallest absolute Gasteiger partial charge is 0.241 e. The van der Waals surface area contributed by atoms with Crippen molar-refractivity contribution in [2.75, 3.05) is 12.0 Å². The van der Waals surface area contributed by atoms with Crippen molar-refractivity contribution < 1.29 is 23.8 Å². The number of hydrogen-bond donors (Lipinski definition) is 1. The van der Waals surface area contributed by atoms with Gasteiger partial charge >= 0.3 is 0 Å². The summed E-state index contributed by atoms with van der Waals surface area (Å²) in [6.45, 7) is 5.60. The third kappa shape index (κ3) is 3.18. The van der Waals surface area contributed by atoms with Gasteiger partial charge in [-0.1, -0.05) is 46.3 Å². The maximum atomic E-state index is 13.8. The first-order valence-electron chi connectivity index (χ1n) is 9.87. The Morgan fingerprint density at radius 3 is 2.69 bits per heavy atom. The van der Waals surface area contributed by atoms with Gasteiger partial charge in [-0.3, -0.25) is 9.59 Å². The third-order valence-electron chi connectivity index (χ3n) is 6.43. The molecule has 1 aliphatic carbocycles. The highest BCUT2D eigenvalue weighted by atomic mass is 79.9. The van der Waals surface area contributed by atoms with E-state index >= 15 is 0 Å². The first-order valence-corrected chi connectivity index (χ1v) is 11.0. The maximum Gasteiger partial charge on any atom is 0.241 e. The summed E-state index contributed by atoms with van der Waals surface area (Å²) in [5, 5.41) is 10.8. The Morgan fingerprint density at radius 1 is 1.34 bits per heavy atom. The lowest BCUT2D eigenvalue weighted by atomic mass is 9.60. The van der Waals surface area contributed by atoms with Gasteiger partial charge in [0.15, 0.2) is 11.5 Å². The largest absolute Gasteiger partial charge is 0.504 e.